The first-order valence-electron chi connectivity index (χ1n) is 13.7. The van der Waals surface area contributed by atoms with E-state index in [0.29, 0.717) is 47.5 Å². The van der Waals surface area contributed by atoms with Gasteiger partial charge in [-0.2, -0.15) is 0 Å². The van der Waals surface area contributed by atoms with Crippen LogP contribution in [0.15, 0.2) is 60.7 Å². The maximum absolute atomic E-state index is 12.9. The Hall–Kier alpha value is -3.61. The van der Waals surface area contributed by atoms with Crippen LogP contribution in [0.2, 0.25) is 0 Å². The summed E-state index contributed by atoms with van der Waals surface area (Å²) in [5.41, 5.74) is 2.73. The second-order valence-corrected chi connectivity index (χ2v) is 10.7. The molecule has 0 saturated heterocycles. The van der Waals surface area contributed by atoms with Crippen LogP contribution in [0, 0.1) is 17.8 Å². The molecule has 0 N–H and O–H groups in total. The predicted octanol–water partition coefficient (Wildman–Crippen LogP) is 7.39. The quantitative estimate of drug-likeness (QED) is 0.0973. The molecule has 2 aromatic carbocycles. The summed E-state index contributed by atoms with van der Waals surface area (Å²) >= 11 is 0. The maximum Gasteiger partial charge on any atom is 0.513 e. The number of unbranched alkanes of at least 4 members (excludes halogenated alkanes) is 1. The largest absolute Gasteiger partial charge is 0.513 e. The summed E-state index contributed by atoms with van der Waals surface area (Å²) in [6, 6.07) is 14.4. The van der Waals surface area contributed by atoms with E-state index in [2.05, 4.69) is 27.4 Å². The van der Waals surface area contributed by atoms with Crippen LogP contribution in [0.4, 0.5) is 4.79 Å². The van der Waals surface area contributed by atoms with Crippen LogP contribution in [0.5, 0.6) is 5.75 Å². The molecule has 210 valence electrons. The van der Waals surface area contributed by atoms with Crippen molar-refractivity contribution in [3.63, 3.8) is 0 Å². The first kappa shape index (κ1) is 29.9. The van der Waals surface area contributed by atoms with E-state index in [4.69, 9.17) is 18.9 Å². The van der Waals surface area contributed by atoms with Crippen molar-refractivity contribution in [1.82, 2.24) is 0 Å². The number of carbonyl (C=O) groups excluding carboxylic acids is 3. The summed E-state index contributed by atoms with van der Waals surface area (Å²) in [4.78, 5) is 36.1. The average molecular weight is 537 g/mol. The molecule has 1 aliphatic rings. The highest BCUT2D eigenvalue weighted by Crippen LogP contribution is 2.36. The number of hydrogen-bond donors (Lipinski definition) is 0. The molecule has 0 amide bonds. The molecule has 0 aliphatic heterocycles. The van der Waals surface area contributed by atoms with Gasteiger partial charge in [0.05, 0.1) is 18.8 Å². The predicted molar refractivity (Wildman–Crippen MR) is 149 cm³/mol. The Bertz CT molecular complexity index is 1120. The Balaban J connectivity index is 1.45. The molecule has 1 aliphatic carbocycles. The molecule has 0 heterocycles. The van der Waals surface area contributed by atoms with Gasteiger partial charge in [-0.15, -0.1) is 0 Å². The zero-order chi connectivity index (χ0) is 28.4. The van der Waals surface area contributed by atoms with Crippen molar-refractivity contribution in [2.24, 2.45) is 17.8 Å². The van der Waals surface area contributed by atoms with E-state index in [0.717, 1.165) is 24.0 Å². The van der Waals surface area contributed by atoms with Crippen LogP contribution in [0.25, 0.3) is 11.1 Å². The molecule has 3 atom stereocenters. The molecule has 1 saturated carbocycles. The van der Waals surface area contributed by atoms with Gasteiger partial charge in [-0.05, 0) is 85.8 Å². The third-order valence-corrected chi connectivity index (χ3v) is 7.07. The van der Waals surface area contributed by atoms with E-state index >= 15 is 0 Å². The van der Waals surface area contributed by atoms with Gasteiger partial charge >= 0.3 is 18.1 Å². The Morgan fingerprint density at radius 1 is 0.897 bits per heavy atom. The lowest BCUT2D eigenvalue weighted by atomic mass is 9.75. The number of rotatable bonds is 11. The van der Waals surface area contributed by atoms with Crippen LogP contribution in [0.1, 0.15) is 70.2 Å². The van der Waals surface area contributed by atoms with Crippen LogP contribution < -0.4 is 4.74 Å². The zero-order valence-corrected chi connectivity index (χ0v) is 23.4. The van der Waals surface area contributed by atoms with Gasteiger partial charge in [0.25, 0.3) is 0 Å². The number of ether oxygens (including phenoxy) is 4. The average Bonchev–Trinajstić information content (AvgIpc) is 2.90. The van der Waals surface area contributed by atoms with Crippen LogP contribution in [-0.4, -0.2) is 37.4 Å². The monoisotopic (exact) mass is 536 g/mol. The second-order valence-electron chi connectivity index (χ2n) is 10.7. The Labute approximate surface area is 231 Å². The standard InChI is InChI=1S/C32H40O7/c1-21(2)28-17-8-23(5)20-29(28)39-31(34)26-11-9-24(10-12-26)25-13-15-27(16-14-25)38-32(35)37-19-7-6-18-36-30(33)22(3)4/h9-16,21,23,28-29H,3,6-8,17-20H2,1-2,4-5H3. The summed E-state index contributed by atoms with van der Waals surface area (Å²) in [7, 11) is 0. The normalized spacial score (nSPS) is 18.7. The minimum Gasteiger partial charge on any atom is -0.462 e. The smallest absolute Gasteiger partial charge is 0.462 e. The molecule has 1 fully saturated rings. The van der Waals surface area contributed by atoms with Crippen LogP contribution in [-0.2, 0) is 19.0 Å². The van der Waals surface area contributed by atoms with Crippen molar-refractivity contribution in [2.45, 2.75) is 65.9 Å². The molecule has 0 radical (unpaired) electrons. The van der Waals surface area contributed by atoms with Crippen molar-refractivity contribution in [1.29, 1.82) is 0 Å². The molecule has 0 spiro atoms. The highest BCUT2D eigenvalue weighted by molar-refractivity contribution is 5.90. The van der Waals surface area contributed by atoms with E-state index in [9.17, 15) is 14.4 Å². The molecule has 7 nitrogen and oxygen atoms in total. The molecule has 39 heavy (non-hydrogen) atoms. The number of benzene rings is 2. The van der Waals surface area contributed by atoms with Gasteiger partial charge in [-0.1, -0.05) is 58.0 Å². The topological polar surface area (TPSA) is 88.1 Å². The molecular weight excluding hydrogens is 496 g/mol. The fraction of sp³-hybridized carbons (Fsp3) is 0.469. The fourth-order valence-corrected chi connectivity index (χ4v) is 4.74. The van der Waals surface area contributed by atoms with Crippen LogP contribution in [0.3, 0.4) is 0 Å². The van der Waals surface area contributed by atoms with Crippen molar-refractivity contribution in [3.8, 4) is 16.9 Å². The van der Waals surface area contributed by atoms with Gasteiger partial charge in [-0.25, -0.2) is 14.4 Å². The van der Waals surface area contributed by atoms with Crippen LogP contribution >= 0.6 is 0 Å². The zero-order valence-electron chi connectivity index (χ0n) is 23.4. The summed E-state index contributed by atoms with van der Waals surface area (Å²) in [6.07, 6.45) is 3.48. The molecule has 7 heteroatoms. The SMILES string of the molecule is C=C(C)C(=O)OCCCCOC(=O)Oc1ccc(-c2ccc(C(=O)OC3CC(C)CCC3C(C)C)cc2)cc1. The molecular formula is C32H40O7. The van der Waals surface area contributed by atoms with Gasteiger partial charge in [0.2, 0.25) is 0 Å². The number of esters is 2. The Kier molecular flexibility index (Phi) is 11.1. The van der Waals surface area contributed by atoms with Gasteiger partial charge < -0.3 is 18.9 Å². The Morgan fingerprint density at radius 2 is 1.49 bits per heavy atom. The fourth-order valence-electron chi connectivity index (χ4n) is 4.74. The molecule has 2 aromatic rings. The summed E-state index contributed by atoms with van der Waals surface area (Å²) in [5.74, 6) is 1.11. The summed E-state index contributed by atoms with van der Waals surface area (Å²) in [6.45, 7) is 12.1. The summed E-state index contributed by atoms with van der Waals surface area (Å²) in [5, 5.41) is 0. The third kappa shape index (κ3) is 9.27. The van der Waals surface area contributed by atoms with Crippen molar-refractivity contribution < 1.29 is 33.3 Å². The third-order valence-electron chi connectivity index (χ3n) is 7.07. The van der Waals surface area contributed by atoms with E-state index in [-0.39, 0.29) is 25.3 Å². The van der Waals surface area contributed by atoms with E-state index in [1.54, 1.807) is 31.2 Å². The van der Waals surface area contributed by atoms with E-state index in [1.807, 2.05) is 24.3 Å². The Morgan fingerprint density at radius 3 is 2.08 bits per heavy atom. The minimum absolute atomic E-state index is 0.0356. The highest BCUT2D eigenvalue weighted by Gasteiger charge is 2.33. The molecule has 0 bridgehead atoms. The lowest BCUT2D eigenvalue weighted by Gasteiger charge is -2.36. The lowest BCUT2D eigenvalue weighted by Crippen LogP contribution is -2.35. The van der Waals surface area contributed by atoms with Crippen molar-refractivity contribution in [3.05, 3.63) is 66.2 Å². The van der Waals surface area contributed by atoms with Crippen molar-refractivity contribution in [2.75, 3.05) is 13.2 Å². The first-order valence-corrected chi connectivity index (χ1v) is 13.7. The maximum atomic E-state index is 12.9. The lowest BCUT2D eigenvalue weighted by molar-refractivity contribution is -0.139. The molecule has 0 aromatic heterocycles. The summed E-state index contributed by atoms with van der Waals surface area (Å²) < 4.78 is 21.2. The van der Waals surface area contributed by atoms with Gasteiger partial charge in [0.15, 0.2) is 0 Å². The highest BCUT2D eigenvalue weighted by atomic mass is 16.7. The number of hydrogen-bond acceptors (Lipinski definition) is 7. The van der Waals surface area contributed by atoms with Crippen molar-refractivity contribution >= 4 is 18.1 Å². The van der Waals surface area contributed by atoms with Gasteiger partial charge in [-0.3, -0.25) is 0 Å². The van der Waals surface area contributed by atoms with E-state index in [1.165, 1.54) is 6.42 Å². The number of carbonyl (C=O) groups is 3. The van der Waals surface area contributed by atoms with E-state index < -0.39 is 12.1 Å². The molecule has 3 unspecified atom stereocenters. The van der Waals surface area contributed by atoms with Gasteiger partial charge in [0, 0.05) is 5.57 Å². The first-order chi connectivity index (χ1) is 18.6. The second kappa shape index (κ2) is 14.5. The minimum atomic E-state index is -0.795. The van der Waals surface area contributed by atoms with Gasteiger partial charge in [0.1, 0.15) is 11.9 Å². The molecule has 3 rings (SSSR count).